The van der Waals surface area contributed by atoms with Crippen LogP contribution in [0.5, 0.6) is 0 Å². The number of nitrogens with zero attached hydrogens (tertiary/aromatic N) is 3. The molecule has 0 amide bonds. The molecule has 2 rings (SSSR count). The Bertz CT molecular complexity index is 342. The minimum Gasteiger partial charge on any atom is -0.379 e. The van der Waals surface area contributed by atoms with E-state index in [1.165, 1.54) is 5.84 Å². The molecular weight excluding hydrogens is 367 g/mol. The predicted molar refractivity (Wildman–Crippen MR) is 91.6 cm³/mol. The largest absolute Gasteiger partial charge is 0.379 e. The van der Waals surface area contributed by atoms with Crippen molar-refractivity contribution in [1.82, 2.24) is 15.1 Å². The Morgan fingerprint density at radius 3 is 2.65 bits per heavy atom. The minimum absolute atomic E-state index is 0.175. The van der Waals surface area contributed by atoms with E-state index in [4.69, 9.17) is 9.73 Å². The number of aliphatic imine (C=N–C) groups is 1. The van der Waals surface area contributed by atoms with Crippen LogP contribution in [0.4, 0.5) is 0 Å². The summed E-state index contributed by atoms with van der Waals surface area (Å²) in [5.74, 6) is 1.24. The minimum atomic E-state index is 0.175. The van der Waals surface area contributed by atoms with Gasteiger partial charge < -0.3 is 15.0 Å². The van der Waals surface area contributed by atoms with Crippen LogP contribution in [0.25, 0.3) is 0 Å². The first-order valence-electron chi connectivity index (χ1n) is 7.54. The van der Waals surface area contributed by atoms with Crippen LogP contribution in [0.2, 0.25) is 0 Å². The molecule has 0 saturated carbocycles. The highest BCUT2D eigenvalue weighted by molar-refractivity contribution is 14.1. The molecule has 5 nitrogen and oxygen atoms in total. The SMILES string of the molecule is CCC(=NC(I)N1CCOCC1)N1CCNC(C)(C)C1. The first-order chi connectivity index (χ1) is 9.52. The molecule has 1 unspecified atom stereocenters. The van der Waals surface area contributed by atoms with Crippen molar-refractivity contribution in [2.45, 2.75) is 36.9 Å². The highest BCUT2D eigenvalue weighted by Crippen LogP contribution is 2.16. The van der Waals surface area contributed by atoms with Crippen LogP contribution in [0, 0.1) is 0 Å². The van der Waals surface area contributed by atoms with Gasteiger partial charge in [0.15, 0.2) is 4.17 Å². The fourth-order valence-corrected chi connectivity index (χ4v) is 3.63. The Hall–Kier alpha value is 0.0800. The summed E-state index contributed by atoms with van der Waals surface area (Å²) in [6, 6.07) is 0. The van der Waals surface area contributed by atoms with Gasteiger partial charge in [0.25, 0.3) is 0 Å². The topological polar surface area (TPSA) is 40.1 Å². The summed E-state index contributed by atoms with van der Waals surface area (Å²) in [5, 5.41) is 3.56. The fourth-order valence-electron chi connectivity index (χ4n) is 2.75. The van der Waals surface area contributed by atoms with Crippen molar-refractivity contribution in [2.24, 2.45) is 4.99 Å². The number of alkyl halides is 1. The van der Waals surface area contributed by atoms with Crippen LogP contribution >= 0.6 is 22.6 Å². The number of halogens is 1. The molecule has 2 aliphatic rings. The Morgan fingerprint density at radius 1 is 1.35 bits per heavy atom. The molecule has 2 fully saturated rings. The van der Waals surface area contributed by atoms with Crippen molar-refractivity contribution in [3.63, 3.8) is 0 Å². The molecule has 0 radical (unpaired) electrons. The summed E-state index contributed by atoms with van der Waals surface area (Å²) in [4.78, 5) is 9.82. The third-order valence-electron chi connectivity index (χ3n) is 3.86. The smallest absolute Gasteiger partial charge is 0.156 e. The molecule has 0 aromatic carbocycles. The number of hydrogen-bond donors (Lipinski definition) is 1. The molecule has 2 aliphatic heterocycles. The second-order valence-electron chi connectivity index (χ2n) is 6.09. The average Bonchev–Trinajstić information content (AvgIpc) is 2.44. The molecule has 0 bridgehead atoms. The van der Waals surface area contributed by atoms with Crippen LogP contribution in [0.1, 0.15) is 27.2 Å². The van der Waals surface area contributed by atoms with Crippen molar-refractivity contribution in [3.8, 4) is 0 Å². The molecule has 20 heavy (non-hydrogen) atoms. The van der Waals surface area contributed by atoms with Gasteiger partial charge in [0, 0.05) is 44.7 Å². The number of hydrogen-bond acceptors (Lipinski definition) is 4. The van der Waals surface area contributed by atoms with Gasteiger partial charge in [-0.15, -0.1) is 0 Å². The lowest BCUT2D eigenvalue weighted by molar-refractivity contribution is 0.0361. The van der Waals surface area contributed by atoms with Crippen LogP contribution < -0.4 is 5.32 Å². The van der Waals surface area contributed by atoms with Gasteiger partial charge in [0.1, 0.15) is 5.84 Å². The molecule has 0 aromatic rings. The zero-order chi connectivity index (χ0) is 14.6. The van der Waals surface area contributed by atoms with Gasteiger partial charge in [0.05, 0.1) is 13.2 Å². The summed E-state index contributed by atoms with van der Waals surface area (Å²) in [7, 11) is 0. The molecule has 0 aliphatic carbocycles. The van der Waals surface area contributed by atoms with E-state index in [-0.39, 0.29) is 9.71 Å². The van der Waals surface area contributed by atoms with Crippen LogP contribution in [-0.4, -0.2) is 71.3 Å². The molecule has 1 N–H and O–H groups in total. The van der Waals surface area contributed by atoms with Gasteiger partial charge in [-0.05, 0) is 36.4 Å². The molecule has 116 valence electrons. The van der Waals surface area contributed by atoms with Gasteiger partial charge >= 0.3 is 0 Å². The van der Waals surface area contributed by atoms with Crippen molar-refractivity contribution >= 4 is 28.4 Å². The van der Waals surface area contributed by atoms with Gasteiger partial charge in [-0.3, -0.25) is 4.90 Å². The summed E-state index contributed by atoms with van der Waals surface area (Å²) in [6.07, 6.45) is 1.000. The quantitative estimate of drug-likeness (QED) is 0.259. The Balaban J connectivity index is 2.00. The molecule has 6 heteroatoms. The van der Waals surface area contributed by atoms with Gasteiger partial charge in [-0.25, -0.2) is 4.99 Å². The maximum Gasteiger partial charge on any atom is 0.156 e. The predicted octanol–water partition coefficient (Wildman–Crippen LogP) is 1.53. The second kappa shape index (κ2) is 7.38. The third-order valence-corrected chi connectivity index (χ3v) is 4.92. The zero-order valence-corrected chi connectivity index (χ0v) is 15.0. The normalized spacial score (nSPS) is 26.6. The van der Waals surface area contributed by atoms with Gasteiger partial charge in [0.2, 0.25) is 0 Å². The Morgan fingerprint density at radius 2 is 2.05 bits per heavy atom. The number of ether oxygens (including phenoxy) is 1. The maximum absolute atomic E-state index is 5.41. The number of rotatable bonds is 3. The van der Waals surface area contributed by atoms with E-state index >= 15 is 0 Å². The monoisotopic (exact) mass is 394 g/mol. The third kappa shape index (κ3) is 4.54. The van der Waals surface area contributed by atoms with Gasteiger partial charge in [-0.1, -0.05) is 6.92 Å². The molecule has 0 spiro atoms. The maximum atomic E-state index is 5.41. The summed E-state index contributed by atoms with van der Waals surface area (Å²) >= 11 is 2.44. The van der Waals surface area contributed by atoms with Crippen molar-refractivity contribution < 1.29 is 4.74 Å². The summed E-state index contributed by atoms with van der Waals surface area (Å²) < 4.78 is 5.64. The van der Waals surface area contributed by atoms with Crippen molar-refractivity contribution in [2.75, 3.05) is 45.9 Å². The number of nitrogens with one attached hydrogen (secondary N) is 1. The lowest BCUT2D eigenvalue weighted by atomic mass is 10.0. The summed E-state index contributed by atoms with van der Waals surface area (Å²) in [6.45, 7) is 13.5. The van der Waals surface area contributed by atoms with Crippen LogP contribution in [0.15, 0.2) is 4.99 Å². The lowest BCUT2D eigenvalue weighted by Gasteiger charge is -2.41. The van der Waals surface area contributed by atoms with E-state index < -0.39 is 0 Å². The summed E-state index contributed by atoms with van der Waals surface area (Å²) in [5.41, 5.74) is 0.175. The molecule has 2 heterocycles. The molecule has 2 saturated heterocycles. The van der Waals surface area contributed by atoms with Crippen LogP contribution in [0.3, 0.4) is 0 Å². The molecular formula is C14H27IN4O. The van der Waals surface area contributed by atoms with E-state index in [0.29, 0.717) is 0 Å². The number of morpholine rings is 1. The fraction of sp³-hybridized carbons (Fsp3) is 0.929. The Kier molecular flexibility index (Phi) is 6.07. The first-order valence-corrected chi connectivity index (χ1v) is 8.79. The van der Waals surface area contributed by atoms with Crippen molar-refractivity contribution in [1.29, 1.82) is 0 Å². The first kappa shape index (κ1) is 16.5. The molecule has 1 atom stereocenters. The number of piperazine rings is 1. The molecule has 0 aromatic heterocycles. The van der Waals surface area contributed by atoms with E-state index in [0.717, 1.165) is 52.4 Å². The van der Waals surface area contributed by atoms with E-state index in [1.54, 1.807) is 0 Å². The standard InChI is InChI=1S/C14H27IN4O/c1-4-12(19-6-5-16-14(2,3)11-19)17-13(15)18-7-9-20-10-8-18/h13,16H,4-11H2,1-3H3. The highest BCUT2D eigenvalue weighted by atomic mass is 127. The Labute approximate surface area is 136 Å². The zero-order valence-electron chi connectivity index (χ0n) is 12.9. The van der Waals surface area contributed by atoms with E-state index in [1.807, 2.05) is 0 Å². The lowest BCUT2D eigenvalue weighted by Crippen LogP contribution is -2.58. The average molecular weight is 394 g/mol. The van der Waals surface area contributed by atoms with E-state index in [9.17, 15) is 0 Å². The number of amidine groups is 1. The van der Waals surface area contributed by atoms with Crippen molar-refractivity contribution in [3.05, 3.63) is 0 Å². The second-order valence-corrected chi connectivity index (χ2v) is 7.20. The van der Waals surface area contributed by atoms with E-state index in [2.05, 4.69) is 58.5 Å². The van der Waals surface area contributed by atoms with Crippen LogP contribution in [-0.2, 0) is 4.74 Å². The van der Waals surface area contributed by atoms with Gasteiger partial charge in [-0.2, -0.15) is 0 Å². The highest BCUT2D eigenvalue weighted by Gasteiger charge is 2.27.